The molecule has 1 heterocycles. The summed E-state index contributed by atoms with van der Waals surface area (Å²) in [5, 5.41) is 6.03. The maximum Gasteiger partial charge on any atom is 0.253 e. The van der Waals surface area contributed by atoms with Gasteiger partial charge < -0.3 is 15.4 Å². The zero-order valence-electron chi connectivity index (χ0n) is 17.3. The summed E-state index contributed by atoms with van der Waals surface area (Å²) < 4.78 is 5.02. The highest BCUT2D eigenvalue weighted by Gasteiger charge is 2.34. The van der Waals surface area contributed by atoms with Crippen LogP contribution in [0.15, 0.2) is 42.6 Å². The van der Waals surface area contributed by atoms with Gasteiger partial charge in [0.05, 0.1) is 18.6 Å². The van der Waals surface area contributed by atoms with Crippen molar-refractivity contribution in [2.45, 2.75) is 51.6 Å². The zero-order valence-corrected chi connectivity index (χ0v) is 17.3. The largest absolute Gasteiger partial charge is 0.481 e. The highest BCUT2D eigenvalue weighted by atomic mass is 16.5. The molecule has 2 N–H and O–H groups in total. The summed E-state index contributed by atoms with van der Waals surface area (Å²) in [4.78, 5) is 29.3. The monoisotopic (exact) mass is 395 g/mol. The summed E-state index contributed by atoms with van der Waals surface area (Å²) in [6.07, 6.45) is 3.99. The SMILES string of the molecule is COc1ccc(C(=O)N[C@@H]2CCC[C@@H]2C(=O)NCc2ccc(C(C)C)cc2)cn1. The Morgan fingerprint density at radius 3 is 2.52 bits per heavy atom. The van der Waals surface area contributed by atoms with E-state index in [1.54, 1.807) is 12.1 Å². The molecule has 1 aliphatic carbocycles. The molecule has 1 fully saturated rings. The Morgan fingerprint density at radius 1 is 1.14 bits per heavy atom. The van der Waals surface area contributed by atoms with Gasteiger partial charge in [-0.1, -0.05) is 44.5 Å². The van der Waals surface area contributed by atoms with Gasteiger partial charge in [-0.25, -0.2) is 4.98 Å². The van der Waals surface area contributed by atoms with Crippen molar-refractivity contribution in [3.63, 3.8) is 0 Å². The van der Waals surface area contributed by atoms with Crippen LogP contribution in [0.1, 0.15) is 60.5 Å². The van der Waals surface area contributed by atoms with Crippen LogP contribution in [0.5, 0.6) is 5.88 Å². The second kappa shape index (κ2) is 9.54. The van der Waals surface area contributed by atoms with Gasteiger partial charge in [0.25, 0.3) is 5.91 Å². The molecule has 3 rings (SSSR count). The van der Waals surface area contributed by atoms with E-state index >= 15 is 0 Å². The fraction of sp³-hybridized carbons (Fsp3) is 0.435. The van der Waals surface area contributed by atoms with Gasteiger partial charge in [-0.05, 0) is 36.0 Å². The third-order valence-electron chi connectivity index (χ3n) is 5.49. The molecule has 0 bridgehead atoms. The molecule has 1 aromatic heterocycles. The molecule has 0 saturated heterocycles. The molecule has 6 nitrogen and oxygen atoms in total. The van der Waals surface area contributed by atoms with Crippen LogP contribution in [-0.4, -0.2) is 29.9 Å². The molecular weight excluding hydrogens is 366 g/mol. The van der Waals surface area contributed by atoms with E-state index in [9.17, 15) is 9.59 Å². The molecule has 2 amide bonds. The molecule has 0 aliphatic heterocycles. The van der Waals surface area contributed by atoms with Crippen molar-refractivity contribution >= 4 is 11.8 Å². The van der Waals surface area contributed by atoms with E-state index < -0.39 is 0 Å². The van der Waals surface area contributed by atoms with Crippen LogP contribution in [-0.2, 0) is 11.3 Å². The van der Waals surface area contributed by atoms with E-state index in [-0.39, 0.29) is 23.8 Å². The first-order valence-corrected chi connectivity index (χ1v) is 10.2. The Balaban J connectivity index is 1.54. The van der Waals surface area contributed by atoms with Crippen molar-refractivity contribution in [2.75, 3.05) is 7.11 Å². The molecule has 1 aliphatic rings. The van der Waals surface area contributed by atoms with Gasteiger partial charge in [0.2, 0.25) is 11.8 Å². The number of benzene rings is 1. The zero-order chi connectivity index (χ0) is 20.8. The number of methoxy groups -OCH3 is 1. The molecular formula is C23H29N3O3. The van der Waals surface area contributed by atoms with E-state index in [1.807, 2.05) is 0 Å². The number of nitrogens with one attached hydrogen (secondary N) is 2. The van der Waals surface area contributed by atoms with E-state index in [0.29, 0.717) is 23.9 Å². The van der Waals surface area contributed by atoms with Crippen molar-refractivity contribution in [1.29, 1.82) is 0 Å². The van der Waals surface area contributed by atoms with Crippen LogP contribution in [0.25, 0.3) is 0 Å². The molecule has 2 atom stereocenters. The highest BCUT2D eigenvalue weighted by Crippen LogP contribution is 2.26. The molecule has 0 spiro atoms. The number of ether oxygens (including phenoxy) is 1. The predicted molar refractivity (Wildman–Crippen MR) is 112 cm³/mol. The topological polar surface area (TPSA) is 80.3 Å². The average molecular weight is 396 g/mol. The quantitative estimate of drug-likeness (QED) is 0.753. The molecule has 1 aromatic carbocycles. The molecule has 1 saturated carbocycles. The van der Waals surface area contributed by atoms with Gasteiger partial charge in [-0.2, -0.15) is 0 Å². The number of rotatable bonds is 7. The lowest BCUT2D eigenvalue weighted by Gasteiger charge is -2.20. The van der Waals surface area contributed by atoms with Gasteiger partial charge in [0.1, 0.15) is 0 Å². The van der Waals surface area contributed by atoms with Gasteiger partial charge >= 0.3 is 0 Å². The van der Waals surface area contributed by atoms with E-state index in [2.05, 4.69) is 53.7 Å². The maximum absolute atomic E-state index is 12.7. The highest BCUT2D eigenvalue weighted by molar-refractivity contribution is 5.94. The van der Waals surface area contributed by atoms with Gasteiger partial charge in [-0.15, -0.1) is 0 Å². The summed E-state index contributed by atoms with van der Waals surface area (Å²) in [6, 6.07) is 11.5. The Labute approximate surface area is 172 Å². The second-order valence-electron chi connectivity index (χ2n) is 7.82. The summed E-state index contributed by atoms with van der Waals surface area (Å²) >= 11 is 0. The van der Waals surface area contributed by atoms with Crippen LogP contribution >= 0.6 is 0 Å². The number of pyridine rings is 1. The number of nitrogens with zero attached hydrogens (tertiary/aromatic N) is 1. The number of carbonyl (C=O) groups is 2. The lowest BCUT2D eigenvalue weighted by Crippen LogP contribution is -2.43. The normalized spacial score (nSPS) is 18.5. The Bertz CT molecular complexity index is 831. The molecule has 0 unspecified atom stereocenters. The number of aromatic nitrogens is 1. The minimum absolute atomic E-state index is 0.00593. The molecule has 2 aromatic rings. The van der Waals surface area contributed by atoms with E-state index in [4.69, 9.17) is 4.74 Å². The fourth-order valence-electron chi connectivity index (χ4n) is 3.67. The Kier molecular flexibility index (Phi) is 6.86. The number of hydrogen-bond donors (Lipinski definition) is 2. The van der Waals surface area contributed by atoms with E-state index in [1.165, 1.54) is 18.9 Å². The Hall–Kier alpha value is -2.89. The number of amides is 2. The lowest BCUT2D eigenvalue weighted by molar-refractivity contribution is -0.125. The number of carbonyl (C=O) groups excluding carboxylic acids is 2. The first kappa shape index (κ1) is 20.8. The summed E-state index contributed by atoms with van der Waals surface area (Å²) in [6.45, 7) is 4.82. The Morgan fingerprint density at radius 2 is 1.90 bits per heavy atom. The first-order valence-electron chi connectivity index (χ1n) is 10.2. The third kappa shape index (κ3) is 5.34. The molecule has 154 valence electrons. The van der Waals surface area contributed by atoms with Gasteiger partial charge in [0, 0.05) is 24.8 Å². The maximum atomic E-state index is 12.7. The van der Waals surface area contributed by atoms with Gasteiger partial charge in [0.15, 0.2) is 0 Å². The standard InChI is InChI=1S/C23H29N3O3/c1-15(2)17-9-7-16(8-10-17)13-25-23(28)19-5-4-6-20(19)26-22(27)18-11-12-21(29-3)24-14-18/h7-12,14-15,19-20H,4-6,13H2,1-3H3,(H,25,28)(H,26,27)/t19-,20+/m0/s1. The first-order chi connectivity index (χ1) is 14.0. The summed E-state index contributed by atoms with van der Waals surface area (Å²) in [7, 11) is 1.53. The summed E-state index contributed by atoms with van der Waals surface area (Å²) in [5.74, 6) is 0.520. The molecule has 0 radical (unpaired) electrons. The number of hydrogen-bond acceptors (Lipinski definition) is 4. The van der Waals surface area contributed by atoms with Crippen molar-refractivity contribution in [3.8, 4) is 5.88 Å². The van der Waals surface area contributed by atoms with Crippen molar-refractivity contribution in [2.24, 2.45) is 5.92 Å². The summed E-state index contributed by atoms with van der Waals surface area (Å²) in [5.41, 5.74) is 2.82. The minimum atomic E-state index is -0.214. The van der Waals surface area contributed by atoms with Crippen molar-refractivity contribution in [1.82, 2.24) is 15.6 Å². The van der Waals surface area contributed by atoms with Crippen LogP contribution in [0.3, 0.4) is 0 Å². The van der Waals surface area contributed by atoms with Crippen molar-refractivity contribution < 1.29 is 14.3 Å². The van der Waals surface area contributed by atoms with Gasteiger partial charge in [-0.3, -0.25) is 9.59 Å². The van der Waals surface area contributed by atoms with E-state index in [0.717, 1.165) is 24.8 Å². The van der Waals surface area contributed by atoms with Crippen LogP contribution < -0.4 is 15.4 Å². The smallest absolute Gasteiger partial charge is 0.253 e. The van der Waals surface area contributed by atoms with Crippen molar-refractivity contribution in [3.05, 3.63) is 59.3 Å². The van der Waals surface area contributed by atoms with Crippen LogP contribution in [0, 0.1) is 5.92 Å². The molecule has 6 heteroatoms. The van der Waals surface area contributed by atoms with Crippen LogP contribution in [0.4, 0.5) is 0 Å². The average Bonchev–Trinajstić information content (AvgIpc) is 3.20. The fourth-order valence-corrected chi connectivity index (χ4v) is 3.67. The minimum Gasteiger partial charge on any atom is -0.481 e. The third-order valence-corrected chi connectivity index (χ3v) is 5.49. The predicted octanol–water partition coefficient (Wildman–Crippen LogP) is 3.43. The van der Waals surface area contributed by atoms with Crippen LogP contribution in [0.2, 0.25) is 0 Å². The molecule has 29 heavy (non-hydrogen) atoms. The second-order valence-corrected chi connectivity index (χ2v) is 7.82. The lowest BCUT2D eigenvalue weighted by atomic mass is 10.0.